The van der Waals surface area contributed by atoms with E-state index in [0.29, 0.717) is 29.2 Å². The van der Waals surface area contributed by atoms with E-state index in [1.807, 2.05) is 6.07 Å². The number of amides is 1. The van der Waals surface area contributed by atoms with Crippen LogP contribution in [0.3, 0.4) is 0 Å². The van der Waals surface area contributed by atoms with Crippen LogP contribution in [0.1, 0.15) is 6.92 Å². The summed E-state index contributed by atoms with van der Waals surface area (Å²) < 4.78 is 7.37. The first-order chi connectivity index (χ1) is 10.4. The zero-order valence-electron chi connectivity index (χ0n) is 12.2. The number of nitrogens with two attached hydrogens (primary N) is 1. The highest BCUT2D eigenvalue weighted by atomic mass is 79.9. The van der Waals surface area contributed by atoms with Gasteiger partial charge in [0.1, 0.15) is 0 Å². The van der Waals surface area contributed by atoms with Crippen LogP contribution in [-0.2, 0) is 16.1 Å². The summed E-state index contributed by atoms with van der Waals surface area (Å²) in [4.78, 5) is 28.4. The minimum absolute atomic E-state index is 0.164. The molecule has 0 unspecified atom stereocenters. The second-order valence-corrected chi connectivity index (χ2v) is 6.89. The molecule has 0 saturated heterocycles. The van der Waals surface area contributed by atoms with E-state index in [1.165, 1.54) is 16.3 Å². The molecule has 6 nitrogen and oxygen atoms in total. The molecule has 1 aromatic heterocycles. The highest BCUT2D eigenvalue weighted by Crippen LogP contribution is 2.23. The van der Waals surface area contributed by atoms with Gasteiger partial charge in [-0.2, -0.15) is 0 Å². The van der Waals surface area contributed by atoms with E-state index in [4.69, 9.17) is 10.5 Å². The molecule has 0 bridgehead atoms. The smallest absolute Gasteiger partial charge is 0.262 e. The van der Waals surface area contributed by atoms with Crippen molar-refractivity contribution in [2.24, 2.45) is 5.73 Å². The molecule has 0 aliphatic heterocycles. The van der Waals surface area contributed by atoms with E-state index in [1.54, 1.807) is 26.2 Å². The molecule has 22 heavy (non-hydrogen) atoms. The molecule has 1 amide bonds. The van der Waals surface area contributed by atoms with Gasteiger partial charge in [-0.25, -0.2) is 4.98 Å². The summed E-state index contributed by atoms with van der Waals surface area (Å²) in [5, 5.41) is 0.498. The Morgan fingerprint density at radius 2 is 2.27 bits per heavy atom. The van der Waals surface area contributed by atoms with E-state index in [-0.39, 0.29) is 5.56 Å². The Balaban J connectivity index is 2.59. The molecule has 0 aliphatic rings. The minimum atomic E-state index is -0.478. The third kappa shape index (κ3) is 3.68. The number of carbonyl (C=O) groups is 1. The summed E-state index contributed by atoms with van der Waals surface area (Å²) in [6, 6.07) is 5.32. The molecule has 0 saturated carbocycles. The summed E-state index contributed by atoms with van der Waals surface area (Å²) >= 11 is 4.53. The van der Waals surface area contributed by atoms with Crippen molar-refractivity contribution >= 4 is 44.5 Å². The van der Waals surface area contributed by atoms with Crippen molar-refractivity contribution in [2.75, 3.05) is 13.7 Å². The van der Waals surface area contributed by atoms with Gasteiger partial charge in [0.2, 0.25) is 5.91 Å². The number of hydrogen-bond donors (Lipinski definition) is 1. The van der Waals surface area contributed by atoms with Gasteiger partial charge in [-0.1, -0.05) is 27.7 Å². The molecule has 0 spiro atoms. The third-order valence-corrected chi connectivity index (χ3v) is 4.68. The van der Waals surface area contributed by atoms with Crippen LogP contribution in [0.15, 0.2) is 32.6 Å². The topological polar surface area (TPSA) is 87.2 Å². The Hall–Kier alpha value is -1.38. The van der Waals surface area contributed by atoms with Gasteiger partial charge in [0.25, 0.3) is 5.56 Å². The fourth-order valence-corrected chi connectivity index (χ4v) is 3.10. The second-order valence-electron chi connectivity index (χ2n) is 4.67. The van der Waals surface area contributed by atoms with E-state index in [9.17, 15) is 9.59 Å². The van der Waals surface area contributed by atoms with Crippen LogP contribution < -0.4 is 11.3 Å². The Morgan fingerprint density at radius 1 is 1.55 bits per heavy atom. The highest BCUT2D eigenvalue weighted by Gasteiger charge is 2.17. The predicted octanol–water partition coefficient (Wildman–Crippen LogP) is 1.77. The standard InChI is InChI=1S/C14H16BrN3O3S/c1-8(12(16)19)22-14-17-11-4-3-9(15)7-10(11)13(20)18(14)5-6-21-2/h3-4,7-8H,5-6H2,1-2H3,(H2,16,19)/t8-/m0/s1. The average molecular weight is 386 g/mol. The van der Waals surface area contributed by atoms with E-state index < -0.39 is 11.2 Å². The van der Waals surface area contributed by atoms with Gasteiger partial charge >= 0.3 is 0 Å². The lowest BCUT2D eigenvalue weighted by atomic mass is 10.2. The molecule has 0 fully saturated rings. The number of rotatable bonds is 6. The summed E-state index contributed by atoms with van der Waals surface area (Å²) in [6.45, 7) is 2.42. The highest BCUT2D eigenvalue weighted by molar-refractivity contribution is 9.10. The van der Waals surface area contributed by atoms with Crippen LogP contribution in [-0.4, -0.2) is 34.4 Å². The summed E-state index contributed by atoms with van der Waals surface area (Å²) in [7, 11) is 1.56. The van der Waals surface area contributed by atoms with Gasteiger partial charge < -0.3 is 10.5 Å². The number of ether oxygens (including phenoxy) is 1. The van der Waals surface area contributed by atoms with Crippen LogP contribution in [0.4, 0.5) is 0 Å². The Morgan fingerprint density at radius 3 is 2.91 bits per heavy atom. The van der Waals surface area contributed by atoms with Gasteiger partial charge in [-0.3, -0.25) is 14.2 Å². The lowest BCUT2D eigenvalue weighted by Crippen LogP contribution is -2.28. The zero-order valence-corrected chi connectivity index (χ0v) is 14.6. The van der Waals surface area contributed by atoms with Crippen LogP contribution in [0, 0.1) is 0 Å². The number of hydrogen-bond acceptors (Lipinski definition) is 5. The second kappa shape index (κ2) is 7.26. The average Bonchev–Trinajstić information content (AvgIpc) is 2.47. The van der Waals surface area contributed by atoms with Gasteiger partial charge in [0.05, 0.1) is 29.3 Å². The quantitative estimate of drug-likeness (QED) is 0.604. The molecule has 2 rings (SSSR count). The van der Waals surface area contributed by atoms with Crippen molar-refractivity contribution in [1.82, 2.24) is 9.55 Å². The fourth-order valence-electron chi connectivity index (χ4n) is 1.86. The van der Waals surface area contributed by atoms with Crippen LogP contribution in [0.25, 0.3) is 10.9 Å². The van der Waals surface area contributed by atoms with Crippen LogP contribution >= 0.6 is 27.7 Å². The van der Waals surface area contributed by atoms with Crippen LogP contribution in [0.5, 0.6) is 0 Å². The van der Waals surface area contributed by atoms with Gasteiger partial charge in [-0.05, 0) is 25.1 Å². The first-order valence-corrected chi connectivity index (χ1v) is 8.26. The Bertz CT molecular complexity index is 763. The maximum Gasteiger partial charge on any atom is 0.262 e. The van der Waals surface area contributed by atoms with Gasteiger partial charge in [-0.15, -0.1) is 0 Å². The number of methoxy groups -OCH3 is 1. The molecule has 0 radical (unpaired) electrons. The number of carbonyl (C=O) groups excluding carboxylic acids is 1. The van der Waals surface area contributed by atoms with E-state index >= 15 is 0 Å². The van der Waals surface area contributed by atoms with Gasteiger partial charge in [0, 0.05) is 11.6 Å². The number of primary amides is 1. The molecule has 8 heteroatoms. The molecule has 0 aliphatic carbocycles. The predicted molar refractivity (Wildman–Crippen MR) is 90.1 cm³/mol. The maximum absolute atomic E-state index is 12.7. The van der Waals surface area contributed by atoms with Crippen molar-refractivity contribution in [2.45, 2.75) is 23.9 Å². The maximum atomic E-state index is 12.7. The largest absolute Gasteiger partial charge is 0.383 e. The summed E-state index contributed by atoms with van der Waals surface area (Å²) in [5.41, 5.74) is 5.72. The third-order valence-electron chi connectivity index (χ3n) is 3.08. The normalized spacial score (nSPS) is 12.5. The zero-order chi connectivity index (χ0) is 16.3. The number of benzene rings is 1. The van der Waals surface area contributed by atoms with Gasteiger partial charge in [0.15, 0.2) is 5.16 Å². The molecule has 1 atom stereocenters. The number of halogens is 1. The van der Waals surface area contributed by atoms with Crippen molar-refractivity contribution in [3.05, 3.63) is 33.0 Å². The van der Waals surface area contributed by atoms with Crippen LogP contribution in [0.2, 0.25) is 0 Å². The molecule has 1 heterocycles. The summed E-state index contributed by atoms with van der Waals surface area (Å²) in [5.74, 6) is -0.451. The van der Waals surface area contributed by atoms with Crippen molar-refractivity contribution in [3.8, 4) is 0 Å². The summed E-state index contributed by atoms with van der Waals surface area (Å²) in [6.07, 6.45) is 0. The monoisotopic (exact) mass is 385 g/mol. The number of fused-ring (bicyclic) bond motifs is 1. The molecule has 118 valence electrons. The fraction of sp³-hybridized carbons (Fsp3) is 0.357. The Labute approximate surface area is 140 Å². The van der Waals surface area contributed by atoms with Crippen molar-refractivity contribution in [3.63, 3.8) is 0 Å². The van der Waals surface area contributed by atoms with Crippen molar-refractivity contribution < 1.29 is 9.53 Å². The number of nitrogens with zero attached hydrogens (tertiary/aromatic N) is 2. The molecular weight excluding hydrogens is 370 g/mol. The Kier molecular flexibility index (Phi) is 5.60. The molecular formula is C14H16BrN3O3S. The van der Waals surface area contributed by atoms with Crippen molar-refractivity contribution in [1.29, 1.82) is 0 Å². The molecule has 2 aromatic rings. The minimum Gasteiger partial charge on any atom is -0.383 e. The molecule has 1 aromatic carbocycles. The lowest BCUT2D eigenvalue weighted by molar-refractivity contribution is -0.117. The lowest BCUT2D eigenvalue weighted by Gasteiger charge is -2.14. The van der Waals surface area contributed by atoms with E-state index in [2.05, 4.69) is 20.9 Å². The molecule has 2 N–H and O–H groups in total. The first kappa shape index (κ1) is 17.0. The SMILES string of the molecule is COCCn1c(S[C@@H](C)C(N)=O)nc2ccc(Br)cc2c1=O. The van der Waals surface area contributed by atoms with E-state index in [0.717, 1.165) is 4.47 Å². The number of thioether (sulfide) groups is 1. The number of aromatic nitrogens is 2. The first-order valence-electron chi connectivity index (χ1n) is 6.59.